The number of carbonyl (C=O) groups excluding carboxylic acids is 3. The number of unbranched alkanes of at least 4 members (excludes halogenated alkanes) is 2. The molecule has 0 fully saturated rings. The smallest absolute Gasteiger partial charge is 0.685 e. The maximum atomic E-state index is 12.4. The third kappa shape index (κ3) is 14.1. The van der Waals surface area contributed by atoms with E-state index in [1.165, 1.54) is 0 Å². The van der Waals surface area contributed by atoms with Crippen LogP contribution in [0.1, 0.15) is 79.1 Å². The molecule has 0 amide bonds. The van der Waals surface area contributed by atoms with E-state index in [2.05, 4.69) is 13.8 Å². The van der Waals surface area contributed by atoms with E-state index >= 15 is 0 Å². The molecule has 0 aliphatic rings. The molecule has 0 rings (SSSR count). The van der Waals surface area contributed by atoms with Gasteiger partial charge in [0.2, 0.25) is 0 Å². The average molecular weight is 456 g/mol. The Labute approximate surface area is 204 Å². The fourth-order valence-corrected chi connectivity index (χ4v) is 3.64. The minimum absolute atomic E-state index is 0. The molecule has 0 aliphatic heterocycles. The maximum Gasteiger partial charge on any atom is 1.00 e. The summed E-state index contributed by atoms with van der Waals surface area (Å²) in [4.78, 5) is 59.2. The molecule has 0 spiro atoms. The normalized spacial score (nSPS) is 13.8. The zero-order chi connectivity index (χ0) is 22.2. The summed E-state index contributed by atoms with van der Waals surface area (Å²) >= 11 is 0. The van der Waals surface area contributed by atoms with Crippen molar-refractivity contribution in [2.75, 3.05) is 19.4 Å². The molecule has 170 valence electrons. The number of esters is 2. The van der Waals surface area contributed by atoms with Crippen LogP contribution in [-0.2, 0) is 23.9 Å². The molecule has 7 nitrogen and oxygen atoms in total. The van der Waals surface area contributed by atoms with Crippen molar-refractivity contribution in [3.8, 4) is 0 Å². The van der Waals surface area contributed by atoms with Gasteiger partial charge in [-0.2, -0.15) is 0 Å². The number of Topliss-reactive ketones (excluding diaryl/α,β-unsaturated/α-hetero) is 1. The number of hydrogen-bond donors (Lipinski definition) is 0. The van der Waals surface area contributed by atoms with Crippen LogP contribution in [0.25, 0.3) is 0 Å². The van der Waals surface area contributed by atoms with Crippen molar-refractivity contribution in [3.63, 3.8) is 0 Å². The van der Waals surface area contributed by atoms with E-state index < -0.39 is 38.2 Å². The van der Waals surface area contributed by atoms with Crippen LogP contribution < -0.4 is 39.3 Å². The average Bonchev–Trinajstić information content (AvgIpc) is 2.71. The van der Waals surface area contributed by atoms with Crippen LogP contribution in [-0.4, -0.2) is 37.1 Å². The monoisotopic (exact) mass is 456 g/mol. The molecule has 9 heteroatoms. The second kappa shape index (κ2) is 19.6. The van der Waals surface area contributed by atoms with E-state index in [-0.39, 0.29) is 54.6 Å². The second-order valence-corrected chi connectivity index (χ2v) is 8.71. The summed E-state index contributed by atoms with van der Waals surface area (Å²) in [6, 6.07) is 0. The van der Waals surface area contributed by atoms with E-state index in [1.807, 2.05) is 13.8 Å². The Kier molecular flexibility index (Phi) is 21.0. The zero-order valence-electron chi connectivity index (χ0n) is 19.4. The van der Waals surface area contributed by atoms with Crippen molar-refractivity contribution >= 4 is 26.1 Å². The van der Waals surface area contributed by atoms with Gasteiger partial charge in [-0.1, -0.05) is 66.2 Å². The summed E-state index contributed by atoms with van der Waals surface area (Å²) in [5, 5.41) is 0. The quantitative estimate of drug-likeness (QED) is 0.0949. The van der Waals surface area contributed by atoms with Gasteiger partial charge in [-0.3, -0.25) is 9.59 Å². The van der Waals surface area contributed by atoms with E-state index in [9.17, 15) is 24.2 Å². The first-order chi connectivity index (χ1) is 13.8. The van der Waals surface area contributed by atoms with Crippen LogP contribution in [0.3, 0.4) is 0 Å². The molecule has 3 atom stereocenters. The number of ether oxygens (including phenoxy) is 2. The number of hydrogen-bond acceptors (Lipinski definition) is 7. The summed E-state index contributed by atoms with van der Waals surface area (Å²) in [5.41, 5.74) is 0. The SMILES string of the molecule is CCCCC(CC)COC(=O)C(=O)C(C[PH+]([O-])[O-])C(=O)OCC(CC)CCCC.[Na+]. The molecule has 3 unspecified atom stereocenters. The van der Waals surface area contributed by atoms with Gasteiger partial charge in [-0.25, -0.2) is 4.79 Å². The Hall–Kier alpha value is -0.0400. The first-order valence-electron chi connectivity index (χ1n) is 10.9. The second-order valence-electron chi connectivity index (χ2n) is 7.55. The molecule has 0 aliphatic carbocycles. The van der Waals surface area contributed by atoms with Crippen LogP contribution >= 0.6 is 8.38 Å². The van der Waals surface area contributed by atoms with Crippen LogP contribution in [0.15, 0.2) is 0 Å². The van der Waals surface area contributed by atoms with E-state index in [0.717, 1.165) is 51.4 Å². The van der Waals surface area contributed by atoms with Crippen LogP contribution in [0, 0.1) is 17.8 Å². The topological polar surface area (TPSA) is 116 Å². The first-order valence-corrected chi connectivity index (χ1v) is 12.4. The fourth-order valence-electron chi connectivity index (χ4n) is 2.95. The molecule has 0 N–H and O–H groups in total. The molecule has 0 bridgehead atoms. The van der Waals surface area contributed by atoms with Crippen molar-refractivity contribution in [2.45, 2.75) is 79.1 Å². The molecule has 0 aromatic carbocycles. The minimum atomic E-state index is -3.39. The van der Waals surface area contributed by atoms with Crippen LogP contribution in [0.4, 0.5) is 0 Å². The van der Waals surface area contributed by atoms with Gasteiger partial charge in [0.25, 0.3) is 5.78 Å². The molecule has 0 aromatic heterocycles. The predicted octanol–water partition coefficient (Wildman–Crippen LogP) is -0.540. The van der Waals surface area contributed by atoms with Crippen molar-refractivity contribution in [3.05, 3.63) is 0 Å². The van der Waals surface area contributed by atoms with Gasteiger partial charge < -0.3 is 19.3 Å². The predicted molar refractivity (Wildman–Crippen MR) is 110 cm³/mol. The van der Waals surface area contributed by atoms with Gasteiger partial charge in [0.05, 0.1) is 19.4 Å². The molecule has 0 saturated heterocycles. The fraction of sp³-hybridized carbons (Fsp3) is 0.857. The maximum absolute atomic E-state index is 12.4. The zero-order valence-corrected chi connectivity index (χ0v) is 22.4. The Bertz CT molecular complexity index is 488. The summed E-state index contributed by atoms with van der Waals surface area (Å²) in [7, 11) is -3.39. The molecule has 0 saturated carbocycles. The number of rotatable bonds is 17. The van der Waals surface area contributed by atoms with Crippen molar-refractivity contribution in [1.29, 1.82) is 0 Å². The standard InChI is InChI=1S/C21H38O7P.Na/c1-5-9-11-16(7-3)13-27-20(23)18(15-29(25)26)19(22)21(24)28-14-17(8-4)12-10-6-2;/h16-18,29H,5-15H2,1-4H3;/q-1;+1. The molecule has 0 radical (unpaired) electrons. The van der Waals surface area contributed by atoms with E-state index in [4.69, 9.17) is 9.47 Å². The molecule has 0 heterocycles. The summed E-state index contributed by atoms with van der Waals surface area (Å²) in [5.74, 6) is -4.63. The summed E-state index contributed by atoms with van der Waals surface area (Å²) < 4.78 is 10.3. The van der Waals surface area contributed by atoms with Crippen molar-refractivity contribution in [1.82, 2.24) is 0 Å². The van der Waals surface area contributed by atoms with E-state index in [0.29, 0.717) is 0 Å². The van der Waals surface area contributed by atoms with Gasteiger partial charge in [0.1, 0.15) is 0 Å². The number of ketones is 1. The largest absolute Gasteiger partial charge is 1.00 e. The van der Waals surface area contributed by atoms with Crippen LogP contribution in [0.2, 0.25) is 0 Å². The number of carbonyl (C=O) groups is 3. The minimum Gasteiger partial charge on any atom is -0.685 e. The third-order valence-corrected chi connectivity index (χ3v) is 5.91. The van der Waals surface area contributed by atoms with Gasteiger partial charge >= 0.3 is 41.5 Å². The van der Waals surface area contributed by atoms with Gasteiger partial charge in [0.15, 0.2) is 5.92 Å². The Morgan fingerprint density at radius 2 is 1.30 bits per heavy atom. The van der Waals surface area contributed by atoms with Crippen molar-refractivity contribution < 1.29 is 63.2 Å². The van der Waals surface area contributed by atoms with Gasteiger partial charge in [0, 0.05) is 0 Å². The van der Waals surface area contributed by atoms with Crippen LogP contribution in [0.5, 0.6) is 0 Å². The summed E-state index contributed by atoms with van der Waals surface area (Å²) in [6.45, 7) is 8.29. The Morgan fingerprint density at radius 1 is 0.833 bits per heavy atom. The summed E-state index contributed by atoms with van der Waals surface area (Å²) in [6.07, 6.45) is 6.69. The molecule has 30 heavy (non-hydrogen) atoms. The molecular weight excluding hydrogens is 418 g/mol. The molecule has 0 aromatic rings. The first kappa shape index (κ1) is 32.1. The molecular formula is C21H38NaO7P. The van der Waals surface area contributed by atoms with Gasteiger partial charge in [-0.15, -0.1) is 8.38 Å². The van der Waals surface area contributed by atoms with Crippen molar-refractivity contribution in [2.24, 2.45) is 17.8 Å². The van der Waals surface area contributed by atoms with Gasteiger partial charge in [-0.05, 0) is 24.7 Å². The third-order valence-electron chi connectivity index (χ3n) is 5.17. The Morgan fingerprint density at radius 3 is 1.70 bits per heavy atom. The van der Waals surface area contributed by atoms with E-state index in [1.54, 1.807) is 0 Å². The Balaban J connectivity index is 0.